The molecule has 0 amide bonds. The van der Waals surface area contributed by atoms with Gasteiger partial charge in [0.25, 0.3) is 0 Å². The predicted molar refractivity (Wildman–Crippen MR) is 75.8 cm³/mol. The average molecular weight is 311 g/mol. The van der Waals surface area contributed by atoms with E-state index in [9.17, 15) is 4.79 Å². The number of Topliss-reactive ketones (excluding diaryl/α,β-unsaturated/α-hetero) is 1. The Hall–Kier alpha value is -0.830. The first kappa shape index (κ1) is 13.6. The van der Waals surface area contributed by atoms with Crippen LogP contribution in [0.2, 0.25) is 0 Å². The molecule has 0 radical (unpaired) electrons. The highest BCUT2D eigenvalue weighted by molar-refractivity contribution is 9.10. The van der Waals surface area contributed by atoms with Crippen LogP contribution in [0.15, 0.2) is 28.7 Å². The molecule has 1 fully saturated rings. The molecule has 2 atom stereocenters. The minimum absolute atomic E-state index is 0.268. The Balaban J connectivity index is 1.89. The van der Waals surface area contributed by atoms with E-state index >= 15 is 0 Å². The second kappa shape index (κ2) is 6.37. The van der Waals surface area contributed by atoms with Crippen molar-refractivity contribution in [3.05, 3.63) is 28.7 Å². The maximum atomic E-state index is 11.2. The first-order valence-corrected chi connectivity index (χ1v) is 7.34. The molecule has 1 aliphatic carbocycles. The first-order chi connectivity index (χ1) is 8.63. The van der Waals surface area contributed by atoms with Crippen LogP contribution >= 0.6 is 15.9 Å². The minimum atomic E-state index is 0.268. The van der Waals surface area contributed by atoms with Crippen molar-refractivity contribution in [2.75, 3.05) is 0 Å². The van der Waals surface area contributed by atoms with Gasteiger partial charge < -0.3 is 9.53 Å². The molecular weight excluding hydrogens is 292 g/mol. The van der Waals surface area contributed by atoms with E-state index in [1.165, 1.54) is 12.8 Å². The summed E-state index contributed by atoms with van der Waals surface area (Å²) >= 11 is 3.41. The molecule has 0 heterocycles. The van der Waals surface area contributed by atoms with Gasteiger partial charge in [-0.25, -0.2) is 0 Å². The van der Waals surface area contributed by atoms with Crippen LogP contribution in [-0.2, 0) is 4.79 Å². The number of ketones is 1. The van der Waals surface area contributed by atoms with E-state index in [4.69, 9.17) is 4.74 Å². The Labute approximate surface area is 117 Å². The van der Waals surface area contributed by atoms with E-state index in [1.807, 2.05) is 24.3 Å². The summed E-state index contributed by atoms with van der Waals surface area (Å²) in [6.45, 7) is 1.68. The molecule has 2 nitrogen and oxygen atoms in total. The average Bonchev–Trinajstić information content (AvgIpc) is 2.32. The fourth-order valence-corrected chi connectivity index (χ4v) is 2.91. The van der Waals surface area contributed by atoms with Gasteiger partial charge in [-0.3, -0.25) is 0 Å². The molecule has 0 bridgehead atoms. The second-order valence-electron chi connectivity index (χ2n) is 5.13. The number of ether oxygens (including phenoxy) is 1. The highest BCUT2D eigenvalue weighted by Crippen LogP contribution is 2.30. The van der Waals surface area contributed by atoms with Gasteiger partial charge in [0.15, 0.2) is 0 Å². The molecule has 0 spiro atoms. The highest BCUT2D eigenvalue weighted by Gasteiger charge is 2.24. The van der Waals surface area contributed by atoms with Crippen molar-refractivity contribution >= 4 is 21.7 Å². The van der Waals surface area contributed by atoms with Crippen LogP contribution in [0.4, 0.5) is 0 Å². The molecule has 1 aromatic carbocycles. The fraction of sp³-hybridized carbons (Fsp3) is 0.533. The molecule has 2 rings (SSSR count). The summed E-state index contributed by atoms with van der Waals surface area (Å²) in [6, 6.07) is 7.95. The molecule has 3 heteroatoms. The number of hydrogen-bond acceptors (Lipinski definition) is 2. The van der Waals surface area contributed by atoms with Crippen LogP contribution < -0.4 is 4.74 Å². The number of halogens is 1. The number of rotatable bonds is 4. The summed E-state index contributed by atoms with van der Waals surface area (Å²) in [5.41, 5.74) is 0. The highest BCUT2D eigenvalue weighted by atomic mass is 79.9. The van der Waals surface area contributed by atoms with Crippen molar-refractivity contribution in [3.8, 4) is 5.75 Å². The van der Waals surface area contributed by atoms with Gasteiger partial charge >= 0.3 is 0 Å². The lowest BCUT2D eigenvalue weighted by Crippen LogP contribution is -2.26. The lowest BCUT2D eigenvalue weighted by atomic mass is 9.84. The normalized spacial score (nSPS) is 23.7. The molecule has 0 unspecified atom stereocenters. The molecule has 0 aromatic heterocycles. The summed E-state index contributed by atoms with van der Waals surface area (Å²) < 4.78 is 7.05. The lowest BCUT2D eigenvalue weighted by Gasteiger charge is -2.29. The number of benzene rings is 1. The zero-order valence-electron chi connectivity index (χ0n) is 10.7. The third-order valence-electron chi connectivity index (χ3n) is 3.43. The Morgan fingerprint density at radius 3 is 2.72 bits per heavy atom. The van der Waals surface area contributed by atoms with Gasteiger partial charge in [0, 0.05) is 10.9 Å². The largest absolute Gasteiger partial charge is 0.490 e. The Morgan fingerprint density at radius 2 is 2.06 bits per heavy atom. The van der Waals surface area contributed by atoms with Crippen molar-refractivity contribution < 1.29 is 9.53 Å². The Morgan fingerprint density at radius 1 is 1.33 bits per heavy atom. The molecule has 0 aliphatic heterocycles. The quantitative estimate of drug-likeness (QED) is 0.825. The van der Waals surface area contributed by atoms with E-state index < -0.39 is 0 Å². The predicted octanol–water partition coefficient (Wildman–Crippen LogP) is 4.37. The standard InChI is InChI=1S/C15H19BrO2/c1-11(17)9-12-3-2-4-15(10-12)18-14-7-5-13(16)6-8-14/h5-8,12,15H,2-4,9-10H2,1H3/t12-,15+/m0/s1. The van der Waals surface area contributed by atoms with Gasteiger partial charge in [-0.05, 0) is 62.8 Å². The van der Waals surface area contributed by atoms with Gasteiger partial charge in [-0.15, -0.1) is 0 Å². The third kappa shape index (κ3) is 4.13. The molecule has 18 heavy (non-hydrogen) atoms. The van der Waals surface area contributed by atoms with Gasteiger partial charge in [0.2, 0.25) is 0 Å². The minimum Gasteiger partial charge on any atom is -0.490 e. The zero-order valence-corrected chi connectivity index (χ0v) is 12.3. The van der Waals surface area contributed by atoms with Crippen LogP contribution in [-0.4, -0.2) is 11.9 Å². The molecular formula is C15H19BrO2. The summed E-state index contributed by atoms with van der Waals surface area (Å²) in [7, 11) is 0. The van der Waals surface area contributed by atoms with Gasteiger partial charge in [-0.1, -0.05) is 15.9 Å². The van der Waals surface area contributed by atoms with Crippen LogP contribution in [0.1, 0.15) is 39.0 Å². The van der Waals surface area contributed by atoms with Crippen LogP contribution in [0.3, 0.4) is 0 Å². The SMILES string of the molecule is CC(=O)C[C@@H]1CCC[C@@H](Oc2ccc(Br)cc2)C1. The van der Waals surface area contributed by atoms with E-state index in [-0.39, 0.29) is 6.10 Å². The van der Waals surface area contributed by atoms with Crippen LogP contribution in [0.5, 0.6) is 5.75 Å². The van der Waals surface area contributed by atoms with Crippen molar-refractivity contribution in [2.45, 2.75) is 45.1 Å². The summed E-state index contributed by atoms with van der Waals surface area (Å²) in [6.07, 6.45) is 5.42. The summed E-state index contributed by atoms with van der Waals surface area (Å²) in [5, 5.41) is 0. The van der Waals surface area contributed by atoms with E-state index in [1.54, 1.807) is 6.92 Å². The third-order valence-corrected chi connectivity index (χ3v) is 3.96. The number of carbonyl (C=O) groups excluding carboxylic acids is 1. The van der Waals surface area contributed by atoms with Gasteiger partial charge in [-0.2, -0.15) is 0 Å². The molecule has 0 N–H and O–H groups in total. The Kier molecular flexibility index (Phi) is 4.81. The van der Waals surface area contributed by atoms with Crippen LogP contribution in [0.25, 0.3) is 0 Å². The van der Waals surface area contributed by atoms with Crippen molar-refractivity contribution in [2.24, 2.45) is 5.92 Å². The number of hydrogen-bond donors (Lipinski definition) is 0. The van der Waals surface area contributed by atoms with E-state index in [2.05, 4.69) is 15.9 Å². The Bertz CT molecular complexity index is 399. The maximum absolute atomic E-state index is 11.2. The number of carbonyl (C=O) groups is 1. The van der Waals surface area contributed by atoms with E-state index in [0.29, 0.717) is 18.1 Å². The second-order valence-corrected chi connectivity index (χ2v) is 6.05. The van der Waals surface area contributed by atoms with E-state index in [0.717, 1.165) is 23.1 Å². The maximum Gasteiger partial charge on any atom is 0.130 e. The topological polar surface area (TPSA) is 26.3 Å². The fourth-order valence-electron chi connectivity index (χ4n) is 2.65. The zero-order chi connectivity index (χ0) is 13.0. The first-order valence-electron chi connectivity index (χ1n) is 6.55. The van der Waals surface area contributed by atoms with Crippen LogP contribution in [0, 0.1) is 5.92 Å². The van der Waals surface area contributed by atoms with Crippen molar-refractivity contribution in [3.63, 3.8) is 0 Å². The van der Waals surface area contributed by atoms with Crippen molar-refractivity contribution in [1.82, 2.24) is 0 Å². The van der Waals surface area contributed by atoms with Gasteiger partial charge in [0.1, 0.15) is 11.5 Å². The smallest absolute Gasteiger partial charge is 0.130 e. The van der Waals surface area contributed by atoms with Gasteiger partial charge in [0.05, 0.1) is 6.10 Å². The monoisotopic (exact) mass is 310 g/mol. The molecule has 1 saturated carbocycles. The summed E-state index contributed by atoms with van der Waals surface area (Å²) in [5.74, 6) is 1.73. The molecule has 98 valence electrons. The molecule has 1 aliphatic rings. The molecule has 0 saturated heterocycles. The molecule has 1 aromatic rings. The summed E-state index contributed by atoms with van der Waals surface area (Å²) in [4.78, 5) is 11.2. The lowest BCUT2D eigenvalue weighted by molar-refractivity contribution is -0.118. The van der Waals surface area contributed by atoms with Crippen molar-refractivity contribution in [1.29, 1.82) is 0 Å².